The summed E-state index contributed by atoms with van der Waals surface area (Å²) in [5.41, 5.74) is 1.91. The average Bonchev–Trinajstić information content (AvgIpc) is 3.01. The van der Waals surface area contributed by atoms with E-state index in [9.17, 15) is 9.59 Å². The standard InChI is InChI=1S/C24H17NO3S/c1-2-13-25-23(26)22(29-24(25)27)15-17-8-11-21(12-9-17)28-16-18-7-10-19-5-3-4-6-20(19)14-18/h1,3-12,14-15H,13,16H2. The number of fused-ring (bicyclic) bond motifs is 1. The number of hydrogen-bond acceptors (Lipinski definition) is 4. The topological polar surface area (TPSA) is 46.6 Å². The third-order valence-corrected chi connectivity index (χ3v) is 5.43. The van der Waals surface area contributed by atoms with Crippen molar-refractivity contribution in [1.29, 1.82) is 0 Å². The summed E-state index contributed by atoms with van der Waals surface area (Å²) < 4.78 is 5.88. The average molecular weight is 399 g/mol. The first-order valence-corrected chi connectivity index (χ1v) is 9.85. The van der Waals surface area contributed by atoms with E-state index < -0.39 is 0 Å². The van der Waals surface area contributed by atoms with Crippen LogP contribution in [-0.4, -0.2) is 22.6 Å². The fourth-order valence-electron chi connectivity index (χ4n) is 3.03. The van der Waals surface area contributed by atoms with Gasteiger partial charge in [-0.2, -0.15) is 0 Å². The predicted octanol–water partition coefficient (Wildman–Crippen LogP) is 5.09. The summed E-state index contributed by atoms with van der Waals surface area (Å²) >= 11 is 0.901. The molecule has 1 fully saturated rings. The van der Waals surface area contributed by atoms with Gasteiger partial charge in [0.15, 0.2) is 0 Å². The summed E-state index contributed by atoms with van der Waals surface area (Å²) in [6, 6.07) is 21.9. The number of carbonyl (C=O) groups is 2. The second-order valence-corrected chi connectivity index (χ2v) is 7.50. The maximum Gasteiger partial charge on any atom is 0.294 e. The monoisotopic (exact) mass is 399 g/mol. The minimum Gasteiger partial charge on any atom is -0.489 e. The molecule has 4 rings (SSSR count). The highest BCUT2D eigenvalue weighted by atomic mass is 32.2. The molecule has 0 atom stereocenters. The third kappa shape index (κ3) is 4.18. The zero-order valence-corrected chi connectivity index (χ0v) is 16.3. The Balaban J connectivity index is 1.42. The van der Waals surface area contributed by atoms with Crippen LogP contribution < -0.4 is 4.74 Å². The Morgan fingerprint density at radius 2 is 1.76 bits per heavy atom. The second-order valence-electron chi connectivity index (χ2n) is 6.51. The van der Waals surface area contributed by atoms with Crippen LogP contribution in [0, 0.1) is 12.3 Å². The number of thioether (sulfide) groups is 1. The van der Waals surface area contributed by atoms with Gasteiger partial charge in [-0.25, -0.2) is 0 Å². The lowest BCUT2D eigenvalue weighted by Gasteiger charge is -2.08. The lowest BCUT2D eigenvalue weighted by Crippen LogP contribution is -2.28. The Morgan fingerprint density at radius 3 is 2.52 bits per heavy atom. The van der Waals surface area contributed by atoms with Crippen LogP contribution in [0.4, 0.5) is 4.79 Å². The van der Waals surface area contributed by atoms with Gasteiger partial charge >= 0.3 is 0 Å². The molecule has 3 aromatic rings. The molecule has 0 unspecified atom stereocenters. The molecule has 1 heterocycles. The number of rotatable bonds is 5. The van der Waals surface area contributed by atoms with E-state index in [2.05, 4.69) is 36.3 Å². The number of imide groups is 1. The van der Waals surface area contributed by atoms with Crippen molar-refractivity contribution in [3.8, 4) is 18.1 Å². The lowest BCUT2D eigenvalue weighted by atomic mass is 10.1. The van der Waals surface area contributed by atoms with Crippen LogP contribution >= 0.6 is 11.8 Å². The van der Waals surface area contributed by atoms with Gasteiger partial charge in [0.25, 0.3) is 11.1 Å². The van der Waals surface area contributed by atoms with Crippen molar-refractivity contribution in [2.45, 2.75) is 6.61 Å². The summed E-state index contributed by atoms with van der Waals surface area (Å²) in [5.74, 6) is 2.71. The van der Waals surface area contributed by atoms with Gasteiger partial charge in [0.2, 0.25) is 0 Å². The third-order valence-electron chi connectivity index (χ3n) is 4.52. The van der Waals surface area contributed by atoms with Gasteiger partial charge in [0.1, 0.15) is 12.4 Å². The summed E-state index contributed by atoms with van der Waals surface area (Å²) in [6.45, 7) is 0.457. The molecule has 0 bridgehead atoms. The number of hydrogen-bond donors (Lipinski definition) is 0. The zero-order chi connectivity index (χ0) is 20.2. The minimum atomic E-state index is -0.352. The maximum atomic E-state index is 12.2. The van der Waals surface area contributed by atoms with E-state index in [0.29, 0.717) is 11.5 Å². The van der Waals surface area contributed by atoms with Crippen LogP contribution in [0.5, 0.6) is 5.75 Å². The van der Waals surface area contributed by atoms with Gasteiger partial charge in [-0.05, 0) is 57.9 Å². The SMILES string of the molecule is C#CCN1C(=O)SC(=Cc2ccc(OCc3ccc4ccccc4c3)cc2)C1=O. The highest BCUT2D eigenvalue weighted by molar-refractivity contribution is 8.18. The maximum absolute atomic E-state index is 12.2. The van der Waals surface area contributed by atoms with Gasteiger partial charge in [0.05, 0.1) is 11.4 Å². The van der Waals surface area contributed by atoms with Crippen molar-refractivity contribution in [3.05, 3.63) is 82.8 Å². The normalized spacial score (nSPS) is 15.1. The zero-order valence-electron chi connectivity index (χ0n) is 15.5. The molecular formula is C24H17NO3S. The molecule has 0 aromatic heterocycles. The summed E-state index contributed by atoms with van der Waals surface area (Å²) in [4.78, 5) is 25.5. The van der Waals surface area contributed by atoms with E-state index in [-0.39, 0.29) is 17.7 Å². The first kappa shape index (κ1) is 18.9. The van der Waals surface area contributed by atoms with Gasteiger partial charge < -0.3 is 4.74 Å². The number of terminal acetylenes is 1. The van der Waals surface area contributed by atoms with Gasteiger partial charge in [-0.3, -0.25) is 14.5 Å². The summed E-state index contributed by atoms with van der Waals surface area (Å²) in [6.07, 6.45) is 6.90. The van der Waals surface area contributed by atoms with Crippen LogP contribution in [0.25, 0.3) is 16.8 Å². The number of amides is 2. The largest absolute Gasteiger partial charge is 0.489 e. The van der Waals surface area contributed by atoms with Crippen molar-refractivity contribution < 1.29 is 14.3 Å². The number of nitrogens with zero attached hydrogens (tertiary/aromatic N) is 1. The van der Waals surface area contributed by atoms with Crippen molar-refractivity contribution in [2.24, 2.45) is 0 Å². The molecule has 1 aliphatic rings. The Labute approximate surface area is 173 Å². The molecule has 4 nitrogen and oxygen atoms in total. The molecule has 0 saturated carbocycles. The molecule has 3 aromatic carbocycles. The van der Waals surface area contributed by atoms with E-state index in [4.69, 9.17) is 11.2 Å². The van der Waals surface area contributed by atoms with E-state index in [0.717, 1.165) is 33.5 Å². The van der Waals surface area contributed by atoms with Crippen LogP contribution in [-0.2, 0) is 11.4 Å². The molecule has 0 N–H and O–H groups in total. The van der Waals surface area contributed by atoms with Gasteiger partial charge in [-0.15, -0.1) is 6.42 Å². The van der Waals surface area contributed by atoms with Crippen molar-refractivity contribution in [1.82, 2.24) is 4.90 Å². The van der Waals surface area contributed by atoms with Crippen molar-refractivity contribution in [3.63, 3.8) is 0 Å². The Bertz CT molecular complexity index is 1160. The quantitative estimate of drug-likeness (QED) is 0.443. The molecule has 0 aliphatic carbocycles. The Hall–Kier alpha value is -3.49. The number of ether oxygens (including phenoxy) is 1. The molecule has 142 valence electrons. The Kier molecular flexibility index (Phi) is 5.37. The Morgan fingerprint density at radius 1 is 1.00 bits per heavy atom. The first-order valence-electron chi connectivity index (χ1n) is 9.03. The van der Waals surface area contributed by atoms with Crippen LogP contribution in [0.1, 0.15) is 11.1 Å². The number of carbonyl (C=O) groups excluding carboxylic acids is 2. The highest BCUT2D eigenvalue weighted by Gasteiger charge is 2.34. The van der Waals surface area contributed by atoms with Crippen LogP contribution in [0.3, 0.4) is 0 Å². The molecule has 1 saturated heterocycles. The fraction of sp³-hybridized carbons (Fsp3) is 0.0833. The van der Waals surface area contributed by atoms with Crippen molar-refractivity contribution >= 4 is 39.8 Å². The fourth-order valence-corrected chi connectivity index (χ4v) is 3.87. The highest BCUT2D eigenvalue weighted by Crippen LogP contribution is 2.32. The first-order chi connectivity index (χ1) is 14.1. The van der Waals surface area contributed by atoms with Crippen LogP contribution in [0.2, 0.25) is 0 Å². The second kappa shape index (κ2) is 8.26. The van der Waals surface area contributed by atoms with Gasteiger partial charge in [-0.1, -0.05) is 54.5 Å². The van der Waals surface area contributed by atoms with Gasteiger partial charge in [0, 0.05) is 0 Å². The molecule has 1 aliphatic heterocycles. The molecule has 2 amide bonds. The lowest BCUT2D eigenvalue weighted by molar-refractivity contribution is -0.122. The van der Waals surface area contributed by atoms with E-state index in [1.807, 2.05) is 36.4 Å². The molecule has 5 heteroatoms. The van der Waals surface area contributed by atoms with Crippen molar-refractivity contribution in [2.75, 3.05) is 6.54 Å². The van der Waals surface area contributed by atoms with Crippen LogP contribution in [0.15, 0.2) is 71.6 Å². The molecule has 0 spiro atoms. The minimum absolute atomic E-state index is 0.0104. The van der Waals surface area contributed by atoms with E-state index in [1.54, 1.807) is 6.08 Å². The van der Waals surface area contributed by atoms with E-state index >= 15 is 0 Å². The molecule has 29 heavy (non-hydrogen) atoms. The number of benzene rings is 3. The molecular weight excluding hydrogens is 382 g/mol. The smallest absolute Gasteiger partial charge is 0.294 e. The van der Waals surface area contributed by atoms with E-state index in [1.165, 1.54) is 10.8 Å². The summed E-state index contributed by atoms with van der Waals surface area (Å²) in [5, 5.41) is 2.05. The molecule has 0 radical (unpaired) electrons. The predicted molar refractivity (Wildman–Crippen MR) is 116 cm³/mol. The summed E-state index contributed by atoms with van der Waals surface area (Å²) in [7, 11) is 0.